The molecule has 132 valence electrons. The van der Waals surface area contributed by atoms with Crippen LogP contribution in [0.25, 0.3) is 0 Å². The fourth-order valence-electron chi connectivity index (χ4n) is 2.11. The van der Waals surface area contributed by atoms with Crippen molar-refractivity contribution in [3.8, 4) is 11.5 Å². The van der Waals surface area contributed by atoms with Crippen LogP contribution in [0.15, 0.2) is 48.5 Å². The van der Waals surface area contributed by atoms with Crippen molar-refractivity contribution in [2.24, 2.45) is 0 Å². The number of aliphatic hydroxyl groups excluding tert-OH is 1. The highest BCUT2D eigenvalue weighted by molar-refractivity contribution is 6.30. The van der Waals surface area contributed by atoms with Crippen molar-refractivity contribution in [2.45, 2.75) is 19.1 Å². The highest BCUT2D eigenvalue weighted by Gasteiger charge is 2.09. The van der Waals surface area contributed by atoms with Gasteiger partial charge in [-0.3, -0.25) is 0 Å². The zero-order chi connectivity index (χ0) is 16.7. The summed E-state index contributed by atoms with van der Waals surface area (Å²) in [7, 11) is 1.62. The van der Waals surface area contributed by atoms with E-state index in [0.717, 1.165) is 11.3 Å². The van der Waals surface area contributed by atoms with Crippen LogP contribution in [0, 0.1) is 0 Å². The van der Waals surface area contributed by atoms with Gasteiger partial charge in [-0.2, -0.15) is 0 Å². The molecular formula is C18H23Cl2NO3. The van der Waals surface area contributed by atoms with Crippen LogP contribution in [0.1, 0.15) is 18.5 Å². The van der Waals surface area contributed by atoms with Crippen molar-refractivity contribution in [1.29, 1.82) is 0 Å². The van der Waals surface area contributed by atoms with Crippen LogP contribution in [0.3, 0.4) is 0 Å². The van der Waals surface area contributed by atoms with E-state index in [1.165, 1.54) is 0 Å². The van der Waals surface area contributed by atoms with Gasteiger partial charge >= 0.3 is 0 Å². The average Bonchev–Trinajstić information content (AvgIpc) is 2.59. The molecule has 0 spiro atoms. The van der Waals surface area contributed by atoms with E-state index in [9.17, 15) is 5.11 Å². The maximum absolute atomic E-state index is 10.0. The molecule has 0 aliphatic heterocycles. The topological polar surface area (TPSA) is 50.7 Å². The monoisotopic (exact) mass is 371 g/mol. The van der Waals surface area contributed by atoms with Crippen LogP contribution in [0.5, 0.6) is 11.5 Å². The Morgan fingerprint density at radius 2 is 1.62 bits per heavy atom. The first-order valence-electron chi connectivity index (χ1n) is 7.52. The van der Waals surface area contributed by atoms with Crippen molar-refractivity contribution in [2.75, 3.05) is 20.3 Å². The molecule has 0 saturated heterocycles. The van der Waals surface area contributed by atoms with E-state index in [1.54, 1.807) is 7.11 Å². The number of nitrogens with one attached hydrogen (secondary N) is 1. The third-order valence-electron chi connectivity index (χ3n) is 3.53. The molecule has 0 radical (unpaired) electrons. The van der Waals surface area contributed by atoms with Crippen LogP contribution in [-0.2, 0) is 0 Å². The van der Waals surface area contributed by atoms with Gasteiger partial charge in [-0.25, -0.2) is 0 Å². The van der Waals surface area contributed by atoms with E-state index in [0.29, 0.717) is 17.3 Å². The number of aliphatic hydroxyl groups is 1. The van der Waals surface area contributed by atoms with Crippen molar-refractivity contribution in [1.82, 2.24) is 5.32 Å². The van der Waals surface area contributed by atoms with E-state index in [2.05, 4.69) is 5.32 Å². The van der Waals surface area contributed by atoms with Crippen LogP contribution < -0.4 is 14.8 Å². The number of hydrogen-bond donors (Lipinski definition) is 2. The summed E-state index contributed by atoms with van der Waals surface area (Å²) in [6.07, 6.45) is -0.591. The van der Waals surface area contributed by atoms with Crippen molar-refractivity contribution in [3.05, 3.63) is 59.1 Å². The smallest absolute Gasteiger partial charge is 0.119 e. The third kappa shape index (κ3) is 6.57. The molecule has 2 rings (SSSR count). The molecular weight excluding hydrogens is 349 g/mol. The van der Waals surface area contributed by atoms with Crippen LogP contribution in [-0.4, -0.2) is 31.5 Å². The molecule has 0 heterocycles. The highest BCUT2D eigenvalue weighted by atomic mass is 35.5. The summed E-state index contributed by atoms with van der Waals surface area (Å²) < 4.78 is 10.6. The first kappa shape index (κ1) is 20.6. The summed E-state index contributed by atoms with van der Waals surface area (Å²) in [5, 5.41) is 14.0. The lowest BCUT2D eigenvalue weighted by atomic mass is 10.1. The van der Waals surface area contributed by atoms with Gasteiger partial charge in [0, 0.05) is 17.6 Å². The summed E-state index contributed by atoms with van der Waals surface area (Å²) >= 11 is 5.88. The molecule has 2 unspecified atom stereocenters. The zero-order valence-corrected chi connectivity index (χ0v) is 15.3. The normalized spacial score (nSPS) is 12.8. The van der Waals surface area contributed by atoms with Gasteiger partial charge in [0.15, 0.2) is 0 Å². The Morgan fingerprint density at radius 3 is 2.21 bits per heavy atom. The minimum absolute atomic E-state index is 0. The van der Waals surface area contributed by atoms with Gasteiger partial charge in [0.25, 0.3) is 0 Å². The molecule has 6 heteroatoms. The predicted octanol–water partition coefficient (Wildman–Crippen LogP) is 3.86. The molecule has 2 aromatic carbocycles. The summed E-state index contributed by atoms with van der Waals surface area (Å²) in [5.74, 6) is 1.48. The fraction of sp³-hybridized carbons (Fsp3) is 0.333. The molecule has 0 aliphatic rings. The summed E-state index contributed by atoms with van der Waals surface area (Å²) in [5.41, 5.74) is 1.12. The van der Waals surface area contributed by atoms with Gasteiger partial charge in [0.2, 0.25) is 0 Å². The largest absolute Gasteiger partial charge is 0.497 e. The zero-order valence-electron chi connectivity index (χ0n) is 13.7. The number of rotatable bonds is 8. The Morgan fingerprint density at radius 1 is 1.04 bits per heavy atom. The first-order valence-corrected chi connectivity index (χ1v) is 7.90. The molecule has 0 aliphatic carbocycles. The average molecular weight is 372 g/mol. The van der Waals surface area contributed by atoms with E-state index in [1.807, 2.05) is 55.5 Å². The maximum atomic E-state index is 10.0. The van der Waals surface area contributed by atoms with Crippen molar-refractivity contribution in [3.63, 3.8) is 0 Å². The number of benzene rings is 2. The number of ether oxygens (including phenoxy) is 2. The second-order valence-electron chi connectivity index (χ2n) is 5.32. The Balaban J connectivity index is 0.00000288. The summed E-state index contributed by atoms with van der Waals surface area (Å²) in [4.78, 5) is 0. The second kappa shape index (κ2) is 10.4. The lowest BCUT2D eigenvalue weighted by Crippen LogP contribution is -2.33. The van der Waals surface area contributed by atoms with Gasteiger partial charge in [0.05, 0.1) is 7.11 Å². The van der Waals surface area contributed by atoms with E-state index >= 15 is 0 Å². The first-order chi connectivity index (χ1) is 11.1. The molecule has 0 fully saturated rings. The van der Waals surface area contributed by atoms with Crippen molar-refractivity contribution >= 4 is 24.0 Å². The molecule has 2 aromatic rings. The third-order valence-corrected chi connectivity index (χ3v) is 3.78. The van der Waals surface area contributed by atoms with E-state index in [-0.39, 0.29) is 25.1 Å². The van der Waals surface area contributed by atoms with E-state index < -0.39 is 6.10 Å². The van der Waals surface area contributed by atoms with Crippen LogP contribution in [0.4, 0.5) is 0 Å². The lowest BCUT2D eigenvalue weighted by molar-refractivity contribution is 0.104. The summed E-state index contributed by atoms with van der Waals surface area (Å²) in [6.45, 7) is 2.72. The molecule has 4 nitrogen and oxygen atoms in total. The molecule has 2 N–H and O–H groups in total. The molecule has 0 saturated carbocycles. The Kier molecular flexibility index (Phi) is 8.93. The van der Waals surface area contributed by atoms with Crippen LogP contribution in [0.2, 0.25) is 5.02 Å². The van der Waals surface area contributed by atoms with Gasteiger partial charge < -0.3 is 19.9 Å². The van der Waals surface area contributed by atoms with Crippen LogP contribution >= 0.6 is 24.0 Å². The highest BCUT2D eigenvalue weighted by Crippen LogP contribution is 2.18. The number of halogens is 2. The van der Waals surface area contributed by atoms with Gasteiger partial charge in [-0.05, 0) is 48.9 Å². The fourth-order valence-corrected chi connectivity index (χ4v) is 2.23. The molecule has 0 amide bonds. The van der Waals surface area contributed by atoms with Gasteiger partial charge in [-0.15, -0.1) is 12.4 Å². The van der Waals surface area contributed by atoms with Crippen molar-refractivity contribution < 1.29 is 14.6 Å². The SMILES string of the molecule is COc1ccc(OCC(O)CNC(C)c2ccc(Cl)cc2)cc1.Cl. The maximum Gasteiger partial charge on any atom is 0.119 e. The quantitative estimate of drug-likeness (QED) is 0.739. The molecule has 2 atom stereocenters. The minimum Gasteiger partial charge on any atom is -0.497 e. The number of hydrogen-bond acceptors (Lipinski definition) is 4. The Labute approximate surface area is 154 Å². The Hall–Kier alpha value is -1.46. The molecule has 24 heavy (non-hydrogen) atoms. The standard InChI is InChI=1S/C18H22ClNO3.ClH/c1-13(14-3-5-15(19)6-4-14)20-11-16(21)12-23-18-9-7-17(22-2)8-10-18;/h3-10,13,16,20-21H,11-12H2,1-2H3;1H. The van der Waals surface area contributed by atoms with Gasteiger partial charge in [-0.1, -0.05) is 23.7 Å². The molecule has 0 aromatic heterocycles. The van der Waals surface area contributed by atoms with Gasteiger partial charge in [0.1, 0.15) is 24.2 Å². The summed E-state index contributed by atoms with van der Waals surface area (Å²) in [6, 6.07) is 15.1. The lowest BCUT2D eigenvalue weighted by Gasteiger charge is -2.18. The van der Waals surface area contributed by atoms with E-state index in [4.69, 9.17) is 21.1 Å². The molecule has 0 bridgehead atoms. The minimum atomic E-state index is -0.591. The predicted molar refractivity (Wildman–Crippen MR) is 99.6 cm³/mol. The number of methoxy groups -OCH3 is 1. The Bertz CT molecular complexity index is 590. The second-order valence-corrected chi connectivity index (χ2v) is 5.76.